The maximum absolute atomic E-state index is 12.5. The molecule has 0 atom stereocenters. The molecular formula is C15H11FN2O2. The average Bonchev–Trinajstić information content (AvgIpc) is 2.90. The smallest absolute Gasteiger partial charge is 0.335 e. The van der Waals surface area contributed by atoms with E-state index in [1.165, 1.54) is 0 Å². The molecule has 1 heterocycles. The Bertz CT molecular complexity index is 778. The summed E-state index contributed by atoms with van der Waals surface area (Å²) in [5.41, 5.74) is 2.45. The zero-order chi connectivity index (χ0) is 14.1. The number of rotatable bonds is 3. The lowest BCUT2D eigenvalue weighted by Crippen LogP contribution is -1.98. The summed E-state index contributed by atoms with van der Waals surface area (Å²) in [7, 11) is 0. The fraction of sp³-hybridized carbons (Fsp3) is 0.0667. The summed E-state index contributed by atoms with van der Waals surface area (Å²) in [6.07, 6.45) is 1.62. The van der Waals surface area contributed by atoms with Crippen LogP contribution in [-0.4, -0.2) is 20.9 Å². The van der Waals surface area contributed by atoms with Gasteiger partial charge in [-0.3, -0.25) is 0 Å². The van der Waals surface area contributed by atoms with Gasteiger partial charge in [-0.1, -0.05) is 12.1 Å². The monoisotopic (exact) mass is 270 g/mol. The van der Waals surface area contributed by atoms with Gasteiger partial charge in [-0.05, 0) is 35.9 Å². The number of carboxylic acids is 1. The number of halogens is 1. The first-order chi connectivity index (χ1) is 9.69. The number of aromatic nitrogens is 2. The predicted octanol–water partition coefficient (Wildman–Crippen LogP) is 3.19. The Morgan fingerprint density at radius 2 is 1.95 bits per heavy atom. The van der Waals surface area contributed by atoms with E-state index in [0.29, 0.717) is 5.56 Å². The molecule has 1 N–H and O–H groups in total. The van der Waals surface area contributed by atoms with Gasteiger partial charge in [0.25, 0.3) is 0 Å². The van der Waals surface area contributed by atoms with E-state index < -0.39 is 12.6 Å². The number of benzene rings is 2. The zero-order valence-electron chi connectivity index (χ0n) is 10.5. The van der Waals surface area contributed by atoms with Crippen molar-refractivity contribution < 1.29 is 14.3 Å². The summed E-state index contributed by atoms with van der Waals surface area (Å²) < 4.78 is 14.2. The Labute approximate surface area is 114 Å². The molecule has 0 amide bonds. The van der Waals surface area contributed by atoms with Crippen molar-refractivity contribution in [3.63, 3.8) is 0 Å². The molecule has 0 radical (unpaired) electrons. The van der Waals surface area contributed by atoms with E-state index in [-0.39, 0.29) is 5.56 Å². The number of aromatic carboxylic acids is 1. The molecule has 0 bridgehead atoms. The summed E-state index contributed by atoms with van der Waals surface area (Å²) in [6, 6.07) is 11.8. The van der Waals surface area contributed by atoms with Crippen molar-refractivity contribution in [1.82, 2.24) is 9.78 Å². The lowest BCUT2D eigenvalue weighted by Gasteiger charge is -2.04. The minimum absolute atomic E-state index is 0.227. The predicted molar refractivity (Wildman–Crippen MR) is 72.8 cm³/mol. The van der Waals surface area contributed by atoms with Gasteiger partial charge in [-0.2, -0.15) is 5.10 Å². The van der Waals surface area contributed by atoms with E-state index in [2.05, 4.69) is 5.10 Å². The summed E-state index contributed by atoms with van der Waals surface area (Å²) in [5.74, 6) is -0.966. The van der Waals surface area contributed by atoms with Crippen LogP contribution in [0.25, 0.3) is 16.6 Å². The molecule has 20 heavy (non-hydrogen) atoms. The molecule has 0 fully saturated rings. The molecule has 3 rings (SSSR count). The van der Waals surface area contributed by atoms with Gasteiger partial charge in [0.2, 0.25) is 0 Å². The van der Waals surface area contributed by atoms with Crippen LogP contribution in [0.5, 0.6) is 0 Å². The van der Waals surface area contributed by atoms with Crippen LogP contribution in [0.1, 0.15) is 15.9 Å². The van der Waals surface area contributed by atoms with Crippen LogP contribution in [0.4, 0.5) is 4.39 Å². The van der Waals surface area contributed by atoms with Crippen molar-refractivity contribution in [3.05, 3.63) is 59.8 Å². The summed E-state index contributed by atoms with van der Waals surface area (Å²) in [6.45, 7) is -0.498. The molecule has 0 saturated heterocycles. The molecule has 0 saturated carbocycles. The molecule has 2 aromatic carbocycles. The highest BCUT2D eigenvalue weighted by Crippen LogP contribution is 2.20. The first-order valence-electron chi connectivity index (χ1n) is 6.05. The van der Waals surface area contributed by atoms with E-state index in [1.54, 1.807) is 53.3 Å². The van der Waals surface area contributed by atoms with Crippen LogP contribution >= 0.6 is 0 Å². The number of alkyl halides is 1. The zero-order valence-corrected chi connectivity index (χ0v) is 10.5. The highest BCUT2D eigenvalue weighted by Gasteiger charge is 2.08. The molecule has 1 aromatic heterocycles. The average molecular weight is 270 g/mol. The van der Waals surface area contributed by atoms with E-state index >= 15 is 0 Å². The molecule has 0 aliphatic rings. The van der Waals surface area contributed by atoms with Crippen LogP contribution in [-0.2, 0) is 6.67 Å². The molecule has 0 aliphatic heterocycles. The second-order valence-corrected chi connectivity index (χ2v) is 4.44. The fourth-order valence-corrected chi connectivity index (χ4v) is 2.10. The fourth-order valence-electron chi connectivity index (χ4n) is 2.10. The molecule has 100 valence electrons. The van der Waals surface area contributed by atoms with Crippen molar-refractivity contribution in [1.29, 1.82) is 0 Å². The number of carboxylic acid groups (broad SMARTS) is 1. The van der Waals surface area contributed by atoms with Crippen LogP contribution in [0.3, 0.4) is 0 Å². The van der Waals surface area contributed by atoms with Crippen molar-refractivity contribution >= 4 is 16.9 Å². The van der Waals surface area contributed by atoms with Gasteiger partial charge in [0, 0.05) is 5.39 Å². The molecule has 0 spiro atoms. The van der Waals surface area contributed by atoms with Gasteiger partial charge in [0.1, 0.15) is 6.67 Å². The van der Waals surface area contributed by atoms with Gasteiger partial charge in [-0.25, -0.2) is 13.9 Å². The van der Waals surface area contributed by atoms with Crippen molar-refractivity contribution in [2.45, 2.75) is 6.67 Å². The topological polar surface area (TPSA) is 55.1 Å². The number of hydrogen-bond acceptors (Lipinski definition) is 2. The lowest BCUT2D eigenvalue weighted by atomic mass is 10.1. The van der Waals surface area contributed by atoms with Crippen LogP contribution in [0, 0.1) is 0 Å². The standard InChI is InChI=1S/C15H11FN2O2/c16-8-10-1-4-13(5-2-10)18-14-6-3-11(15(19)20)7-12(14)9-17-18/h1-7,9H,8H2,(H,19,20). The van der Waals surface area contributed by atoms with Crippen LogP contribution in [0.2, 0.25) is 0 Å². The third-order valence-electron chi connectivity index (χ3n) is 3.15. The van der Waals surface area contributed by atoms with E-state index in [9.17, 15) is 9.18 Å². The first-order valence-corrected chi connectivity index (χ1v) is 6.05. The maximum atomic E-state index is 12.5. The lowest BCUT2D eigenvalue weighted by molar-refractivity contribution is 0.0697. The van der Waals surface area contributed by atoms with Crippen LogP contribution < -0.4 is 0 Å². The first kappa shape index (κ1) is 12.3. The van der Waals surface area contributed by atoms with Gasteiger partial charge < -0.3 is 5.11 Å². The quantitative estimate of drug-likeness (QED) is 0.795. The third-order valence-corrected chi connectivity index (χ3v) is 3.15. The number of carbonyl (C=O) groups is 1. The Morgan fingerprint density at radius 1 is 1.20 bits per heavy atom. The second kappa shape index (κ2) is 4.77. The van der Waals surface area contributed by atoms with E-state index in [0.717, 1.165) is 16.6 Å². The second-order valence-electron chi connectivity index (χ2n) is 4.44. The van der Waals surface area contributed by atoms with Crippen molar-refractivity contribution in [3.8, 4) is 5.69 Å². The molecule has 3 aromatic rings. The van der Waals surface area contributed by atoms with Gasteiger partial charge in [0.15, 0.2) is 0 Å². The van der Waals surface area contributed by atoms with Gasteiger partial charge >= 0.3 is 5.97 Å². The van der Waals surface area contributed by atoms with E-state index in [1.807, 2.05) is 0 Å². The molecule has 5 heteroatoms. The number of nitrogens with zero attached hydrogens (tertiary/aromatic N) is 2. The molecule has 0 aliphatic carbocycles. The highest BCUT2D eigenvalue weighted by molar-refractivity contribution is 5.93. The Hall–Kier alpha value is -2.69. The largest absolute Gasteiger partial charge is 0.478 e. The summed E-state index contributed by atoms with van der Waals surface area (Å²) >= 11 is 0. The van der Waals surface area contributed by atoms with Crippen molar-refractivity contribution in [2.75, 3.05) is 0 Å². The Balaban J connectivity index is 2.09. The minimum atomic E-state index is -0.966. The minimum Gasteiger partial charge on any atom is -0.478 e. The van der Waals surface area contributed by atoms with Gasteiger partial charge in [-0.15, -0.1) is 0 Å². The number of fused-ring (bicyclic) bond motifs is 1. The van der Waals surface area contributed by atoms with Gasteiger partial charge in [0.05, 0.1) is 23.0 Å². The maximum Gasteiger partial charge on any atom is 0.335 e. The SMILES string of the molecule is O=C(O)c1ccc2c(cnn2-c2ccc(CF)cc2)c1. The van der Waals surface area contributed by atoms with Crippen LogP contribution in [0.15, 0.2) is 48.7 Å². The molecule has 0 unspecified atom stereocenters. The summed E-state index contributed by atoms with van der Waals surface area (Å²) in [5, 5.41) is 14.0. The van der Waals surface area contributed by atoms with Crippen molar-refractivity contribution in [2.24, 2.45) is 0 Å². The highest BCUT2D eigenvalue weighted by atomic mass is 19.1. The third kappa shape index (κ3) is 2.03. The normalized spacial score (nSPS) is 10.8. The molecular weight excluding hydrogens is 259 g/mol. The summed E-state index contributed by atoms with van der Waals surface area (Å²) in [4.78, 5) is 10.9. The Kier molecular flexibility index (Phi) is 2.95. The molecule has 4 nitrogen and oxygen atoms in total. The van der Waals surface area contributed by atoms with E-state index in [4.69, 9.17) is 5.11 Å². The Morgan fingerprint density at radius 3 is 2.60 bits per heavy atom. The number of hydrogen-bond donors (Lipinski definition) is 1.